The lowest BCUT2D eigenvalue weighted by Crippen LogP contribution is -2.37. The highest BCUT2D eigenvalue weighted by molar-refractivity contribution is 5.92. The third-order valence-corrected chi connectivity index (χ3v) is 6.28. The molecule has 0 unspecified atom stereocenters. The average Bonchev–Trinajstić information content (AvgIpc) is 2.89. The zero-order chi connectivity index (χ0) is 26.4. The number of carbonyl (C=O) groups excluding carboxylic acids is 2. The minimum atomic E-state index is -0.418. The molecule has 0 bridgehead atoms. The number of nitrogens with zero attached hydrogens (tertiary/aromatic N) is 4. The first-order valence-electron chi connectivity index (χ1n) is 12.7. The highest BCUT2D eigenvalue weighted by Gasteiger charge is 2.18. The van der Waals surface area contributed by atoms with Crippen molar-refractivity contribution in [2.45, 2.75) is 52.1 Å². The van der Waals surface area contributed by atoms with Gasteiger partial charge in [-0.25, -0.2) is 9.97 Å². The van der Waals surface area contributed by atoms with E-state index in [0.29, 0.717) is 35.8 Å². The second kappa shape index (κ2) is 12.0. The molecule has 1 aliphatic rings. The minimum absolute atomic E-state index is 0.0784. The van der Waals surface area contributed by atoms with E-state index in [1.54, 1.807) is 37.4 Å². The summed E-state index contributed by atoms with van der Waals surface area (Å²) in [4.78, 5) is 50.1. The van der Waals surface area contributed by atoms with Crippen LogP contribution in [-0.2, 0) is 16.1 Å². The van der Waals surface area contributed by atoms with Gasteiger partial charge in [0.25, 0.3) is 5.56 Å². The Hall–Kier alpha value is -3.79. The third kappa shape index (κ3) is 6.71. The molecule has 1 aromatic carbocycles. The summed E-state index contributed by atoms with van der Waals surface area (Å²) < 4.78 is 6.66. The summed E-state index contributed by atoms with van der Waals surface area (Å²) >= 11 is 0. The molecule has 196 valence electrons. The zero-order valence-corrected chi connectivity index (χ0v) is 21.6. The summed E-state index contributed by atoms with van der Waals surface area (Å²) in [5.74, 6) is 0.462. The number of hydrogen-bond acceptors (Lipinski definition) is 7. The number of ether oxygens (including phenoxy) is 1. The van der Waals surface area contributed by atoms with Crippen LogP contribution in [0.4, 0.5) is 5.69 Å². The van der Waals surface area contributed by atoms with Crippen LogP contribution in [0.2, 0.25) is 0 Å². The Bertz CT molecular complexity index is 1330. The Kier molecular flexibility index (Phi) is 8.50. The molecule has 10 nitrogen and oxygen atoms in total. The molecule has 2 aromatic heterocycles. The number of rotatable bonds is 9. The molecular formula is C27H34N6O4. The number of hydrogen-bond donors (Lipinski definition) is 2. The second-order valence-electron chi connectivity index (χ2n) is 9.58. The molecule has 3 aromatic rings. The SMILES string of the molecule is COc1cccc(-c2nc3ncc(NC(=O)CCN4CCCCC4)cc3c(=O)n2CC(=O)NC(C)C)c1. The monoisotopic (exact) mass is 506 g/mol. The van der Waals surface area contributed by atoms with Gasteiger partial charge in [0.2, 0.25) is 11.8 Å². The number of nitrogens with one attached hydrogen (secondary N) is 2. The summed E-state index contributed by atoms with van der Waals surface area (Å²) in [6.45, 7) is 6.25. The standard InChI is InChI=1S/C27H34N6O4/c1-18(2)29-24(35)17-33-26(19-8-7-9-21(14-19)37-3)31-25-22(27(33)36)15-20(16-28-25)30-23(34)10-13-32-11-5-4-6-12-32/h7-9,14-16,18H,4-6,10-13,17H2,1-3H3,(H,29,35)(H,30,34). The van der Waals surface area contributed by atoms with Crippen LogP contribution in [0.5, 0.6) is 5.75 Å². The van der Waals surface area contributed by atoms with E-state index in [-0.39, 0.29) is 35.4 Å². The molecule has 0 aliphatic carbocycles. The van der Waals surface area contributed by atoms with E-state index < -0.39 is 5.56 Å². The molecule has 0 saturated carbocycles. The van der Waals surface area contributed by atoms with Crippen LogP contribution in [0.15, 0.2) is 41.3 Å². The van der Waals surface area contributed by atoms with Gasteiger partial charge >= 0.3 is 0 Å². The highest BCUT2D eigenvalue weighted by Crippen LogP contribution is 2.23. The Morgan fingerprint density at radius 1 is 1.11 bits per heavy atom. The van der Waals surface area contributed by atoms with Gasteiger partial charge in [-0.2, -0.15) is 0 Å². The van der Waals surface area contributed by atoms with Crippen LogP contribution in [0.25, 0.3) is 22.4 Å². The van der Waals surface area contributed by atoms with E-state index in [1.165, 1.54) is 30.0 Å². The number of carbonyl (C=O) groups is 2. The van der Waals surface area contributed by atoms with Gasteiger partial charge in [-0.3, -0.25) is 19.0 Å². The van der Waals surface area contributed by atoms with Crippen molar-refractivity contribution >= 4 is 28.5 Å². The van der Waals surface area contributed by atoms with Crippen LogP contribution < -0.4 is 20.9 Å². The molecule has 1 saturated heterocycles. The van der Waals surface area contributed by atoms with Crippen LogP contribution in [0.3, 0.4) is 0 Å². The van der Waals surface area contributed by atoms with Crippen molar-refractivity contribution in [1.82, 2.24) is 24.8 Å². The third-order valence-electron chi connectivity index (χ3n) is 6.28. The fraction of sp³-hybridized carbons (Fsp3) is 0.444. The number of pyridine rings is 1. The molecule has 1 aliphatic heterocycles. The summed E-state index contributed by atoms with van der Waals surface area (Å²) in [5, 5.41) is 5.89. The van der Waals surface area contributed by atoms with E-state index >= 15 is 0 Å². The lowest BCUT2D eigenvalue weighted by Gasteiger charge is -2.25. The summed E-state index contributed by atoms with van der Waals surface area (Å²) in [5.41, 5.74) is 0.850. The van der Waals surface area contributed by atoms with Crippen molar-refractivity contribution in [1.29, 1.82) is 0 Å². The number of likely N-dealkylation sites (tertiary alicyclic amines) is 1. The van der Waals surface area contributed by atoms with Crippen molar-refractivity contribution in [3.63, 3.8) is 0 Å². The zero-order valence-electron chi connectivity index (χ0n) is 21.6. The fourth-order valence-electron chi connectivity index (χ4n) is 4.48. The highest BCUT2D eigenvalue weighted by atomic mass is 16.5. The molecule has 3 heterocycles. The lowest BCUT2D eigenvalue weighted by molar-refractivity contribution is -0.122. The molecule has 2 N–H and O–H groups in total. The number of methoxy groups -OCH3 is 1. The van der Waals surface area contributed by atoms with Gasteiger partial charge in [0.15, 0.2) is 5.65 Å². The first kappa shape index (κ1) is 26.3. The van der Waals surface area contributed by atoms with Crippen LogP contribution >= 0.6 is 0 Å². The van der Waals surface area contributed by atoms with Gasteiger partial charge in [0, 0.05) is 24.6 Å². The maximum Gasteiger partial charge on any atom is 0.263 e. The lowest BCUT2D eigenvalue weighted by atomic mass is 10.1. The molecule has 0 radical (unpaired) electrons. The van der Waals surface area contributed by atoms with Crippen molar-refractivity contribution in [2.24, 2.45) is 0 Å². The molecule has 0 atom stereocenters. The van der Waals surface area contributed by atoms with E-state index in [2.05, 4.69) is 25.5 Å². The predicted molar refractivity (Wildman–Crippen MR) is 143 cm³/mol. The van der Waals surface area contributed by atoms with Gasteiger partial charge in [-0.15, -0.1) is 0 Å². The van der Waals surface area contributed by atoms with E-state index in [0.717, 1.165) is 13.1 Å². The number of amides is 2. The first-order valence-corrected chi connectivity index (χ1v) is 12.7. The van der Waals surface area contributed by atoms with Crippen LogP contribution in [-0.4, -0.2) is 64.0 Å². The average molecular weight is 507 g/mol. The summed E-state index contributed by atoms with van der Waals surface area (Å²) in [6.07, 6.45) is 5.45. The van der Waals surface area contributed by atoms with Crippen molar-refractivity contribution in [2.75, 3.05) is 32.1 Å². The Morgan fingerprint density at radius 2 is 1.89 bits per heavy atom. The van der Waals surface area contributed by atoms with Gasteiger partial charge in [0.05, 0.1) is 24.4 Å². The quantitative estimate of drug-likeness (QED) is 0.458. The van der Waals surface area contributed by atoms with Gasteiger partial charge < -0.3 is 20.3 Å². The van der Waals surface area contributed by atoms with E-state index in [1.807, 2.05) is 13.8 Å². The number of benzene rings is 1. The number of fused-ring (bicyclic) bond motifs is 1. The molecule has 1 fully saturated rings. The Labute approximate surface area is 216 Å². The number of piperidine rings is 1. The molecule has 10 heteroatoms. The molecule has 0 spiro atoms. The van der Waals surface area contributed by atoms with Crippen LogP contribution in [0.1, 0.15) is 39.5 Å². The predicted octanol–water partition coefficient (Wildman–Crippen LogP) is 2.81. The second-order valence-corrected chi connectivity index (χ2v) is 9.58. The smallest absolute Gasteiger partial charge is 0.263 e. The van der Waals surface area contributed by atoms with E-state index in [9.17, 15) is 14.4 Å². The van der Waals surface area contributed by atoms with Gasteiger partial charge in [0.1, 0.15) is 18.1 Å². The maximum atomic E-state index is 13.6. The van der Waals surface area contributed by atoms with Crippen molar-refractivity contribution in [3.05, 3.63) is 46.9 Å². The van der Waals surface area contributed by atoms with Crippen molar-refractivity contribution in [3.8, 4) is 17.1 Å². The van der Waals surface area contributed by atoms with E-state index in [4.69, 9.17) is 4.74 Å². The van der Waals surface area contributed by atoms with Crippen molar-refractivity contribution < 1.29 is 14.3 Å². The molecule has 37 heavy (non-hydrogen) atoms. The first-order chi connectivity index (χ1) is 17.8. The Balaban J connectivity index is 1.65. The fourth-order valence-corrected chi connectivity index (χ4v) is 4.48. The maximum absolute atomic E-state index is 13.6. The minimum Gasteiger partial charge on any atom is -0.497 e. The molecular weight excluding hydrogens is 472 g/mol. The topological polar surface area (TPSA) is 118 Å². The normalized spacial score (nSPS) is 14.1. The molecule has 2 amide bonds. The Morgan fingerprint density at radius 3 is 2.62 bits per heavy atom. The molecule has 4 rings (SSSR count). The largest absolute Gasteiger partial charge is 0.497 e. The number of anilines is 1. The van der Waals surface area contributed by atoms with Gasteiger partial charge in [-0.1, -0.05) is 18.6 Å². The summed E-state index contributed by atoms with van der Waals surface area (Å²) in [7, 11) is 1.56. The number of aromatic nitrogens is 3. The van der Waals surface area contributed by atoms with Crippen LogP contribution in [0, 0.1) is 0 Å². The van der Waals surface area contributed by atoms with Gasteiger partial charge in [-0.05, 0) is 58.0 Å². The summed E-state index contributed by atoms with van der Waals surface area (Å²) in [6, 6.07) is 8.62.